The number of rotatable bonds is 26. The number of hydrogen-bond donors (Lipinski definition) is 0. The van der Waals surface area contributed by atoms with Gasteiger partial charge in [0.15, 0.2) is 0 Å². The summed E-state index contributed by atoms with van der Waals surface area (Å²) < 4.78 is 15.2. The quantitative estimate of drug-likeness (QED) is 0.0908. The highest BCUT2D eigenvalue weighted by atomic mass is 79.9. The fraction of sp³-hybridized carbons (Fsp3) is 0.879. The standard InChI is InChI=1S/C33H58Br2O2S/c1-3-5-7-9-11-13-15-17-19-21-23-36-27-33(25-29-30(26-33)32(35)38-31(29)34)28-37-24-22-20-18-16-14-12-10-8-6-4-2/h3-28H2,1-2H3. The van der Waals surface area contributed by atoms with Crippen LogP contribution >= 0.6 is 43.2 Å². The van der Waals surface area contributed by atoms with Gasteiger partial charge in [0.25, 0.3) is 0 Å². The van der Waals surface area contributed by atoms with Crippen LogP contribution in [0.3, 0.4) is 0 Å². The lowest BCUT2D eigenvalue weighted by Gasteiger charge is -2.29. The maximum Gasteiger partial charge on any atom is 0.0745 e. The van der Waals surface area contributed by atoms with E-state index in [-0.39, 0.29) is 5.41 Å². The molecule has 0 aliphatic heterocycles. The monoisotopic (exact) mass is 676 g/mol. The first kappa shape index (κ1) is 34.8. The second-order valence-electron chi connectivity index (χ2n) is 11.9. The average molecular weight is 679 g/mol. The topological polar surface area (TPSA) is 18.5 Å². The lowest BCUT2D eigenvalue weighted by molar-refractivity contribution is -0.0193. The van der Waals surface area contributed by atoms with Crippen LogP contribution in [0.15, 0.2) is 7.57 Å². The molecule has 2 rings (SSSR count). The van der Waals surface area contributed by atoms with Crippen LogP contribution in [0.4, 0.5) is 0 Å². The highest BCUT2D eigenvalue weighted by molar-refractivity contribution is 9.12. The summed E-state index contributed by atoms with van der Waals surface area (Å²) in [4.78, 5) is 0. The smallest absolute Gasteiger partial charge is 0.0745 e. The van der Waals surface area contributed by atoms with Crippen LogP contribution in [0.2, 0.25) is 0 Å². The van der Waals surface area contributed by atoms with Crippen LogP contribution in [0.5, 0.6) is 0 Å². The van der Waals surface area contributed by atoms with Gasteiger partial charge < -0.3 is 9.47 Å². The Kier molecular flexibility index (Phi) is 20.3. The van der Waals surface area contributed by atoms with E-state index in [1.807, 2.05) is 11.3 Å². The minimum atomic E-state index is 0.0979. The Bertz CT molecular complexity index is 649. The summed E-state index contributed by atoms with van der Waals surface area (Å²) in [5.41, 5.74) is 3.06. The molecule has 0 unspecified atom stereocenters. The average Bonchev–Trinajstić information content (AvgIpc) is 3.41. The normalized spacial score (nSPS) is 14.4. The first-order valence-electron chi connectivity index (χ1n) is 16.2. The molecule has 0 saturated carbocycles. The minimum Gasteiger partial charge on any atom is -0.381 e. The van der Waals surface area contributed by atoms with Gasteiger partial charge in [0.05, 0.1) is 20.8 Å². The van der Waals surface area contributed by atoms with Gasteiger partial charge in [-0.25, -0.2) is 0 Å². The fourth-order valence-corrected chi connectivity index (χ4v) is 8.99. The number of unbranched alkanes of at least 4 members (excludes halogenated alkanes) is 18. The summed E-state index contributed by atoms with van der Waals surface area (Å²) in [5, 5.41) is 0. The molecule has 0 saturated heterocycles. The molecule has 1 aliphatic rings. The van der Waals surface area contributed by atoms with Crippen molar-refractivity contribution in [3.8, 4) is 0 Å². The number of thiophene rings is 1. The van der Waals surface area contributed by atoms with Crippen LogP contribution in [0.1, 0.15) is 153 Å². The summed E-state index contributed by atoms with van der Waals surface area (Å²) in [6.07, 6.45) is 29.5. The Morgan fingerprint density at radius 1 is 0.526 bits per heavy atom. The zero-order valence-electron chi connectivity index (χ0n) is 24.9. The van der Waals surface area contributed by atoms with Crippen molar-refractivity contribution in [2.24, 2.45) is 5.41 Å². The van der Waals surface area contributed by atoms with Gasteiger partial charge in [0.2, 0.25) is 0 Å². The lowest BCUT2D eigenvalue weighted by atomic mass is 9.86. The number of ether oxygens (including phenoxy) is 2. The lowest BCUT2D eigenvalue weighted by Crippen LogP contribution is -2.34. The maximum atomic E-state index is 6.32. The first-order valence-corrected chi connectivity index (χ1v) is 18.6. The minimum absolute atomic E-state index is 0.0979. The van der Waals surface area contributed by atoms with Gasteiger partial charge in [0.1, 0.15) is 0 Å². The van der Waals surface area contributed by atoms with E-state index in [0.717, 1.165) is 39.3 Å². The first-order chi connectivity index (χ1) is 18.6. The molecule has 0 spiro atoms. The van der Waals surface area contributed by atoms with Gasteiger partial charge in [-0.05, 0) is 68.7 Å². The predicted octanol–water partition coefficient (Wildman–Crippen LogP) is 12.2. The molecule has 0 amide bonds. The molecule has 222 valence electrons. The third-order valence-electron chi connectivity index (χ3n) is 8.22. The molecule has 0 aromatic carbocycles. The van der Waals surface area contributed by atoms with Crippen molar-refractivity contribution >= 4 is 43.2 Å². The second-order valence-corrected chi connectivity index (χ2v) is 15.6. The highest BCUT2D eigenvalue weighted by Gasteiger charge is 2.41. The van der Waals surface area contributed by atoms with Crippen LogP contribution in [-0.4, -0.2) is 26.4 Å². The molecule has 5 heteroatoms. The number of hydrogen-bond acceptors (Lipinski definition) is 3. The van der Waals surface area contributed by atoms with Gasteiger partial charge >= 0.3 is 0 Å². The molecule has 38 heavy (non-hydrogen) atoms. The summed E-state index contributed by atoms with van der Waals surface area (Å²) >= 11 is 9.43. The molecule has 0 atom stereocenters. The zero-order chi connectivity index (χ0) is 27.3. The van der Waals surface area contributed by atoms with Gasteiger partial charge in [-0.15, -0.1) is 11.3 Å². The predicted molar refractivity (Wildman–Crippen MR) is 175 cm³/mol. The highest BCUT2D eigenvalue weighted by Crippen LogP contribution is 2.48. The molecule has 0 bridgehead atoms. The largest absolute Gasteiger partial charge is 0.381 e. The van der Waals surface area contributed by atoms with Crippen molar-refractivity contribution in [1.82, 2.24) is 0 Å². The molecule has 0 N–H and O–H groups in total. The SMILES string of the molecule is CCCCCCCCCCCCOCC1(COCCCCCCCCCCCC)Cc2c(Br)sc(Br)c2C1. The Hall–Kier alpha value is 0.580. The van der Waals surface area contributed by atoms with Gasteiger partial charge in [-0.3, -0.25) is 0 Å². The third kappa shape index (κ3) is 14.5. The molecular formula is C33H58Br2O2S. The van der Waals surface area contributed by atoms with E-state index < -0.39 is 0 Å². The molecule has 1 aromatic heterocycles. The van der Waals surface area contributed by atoms with Gasteiger partial charge in [-0.2, -0.15) is 0 Å². The van der Waals surface area contributed by atoms with Crippen LogP contribution < -0.4 is 0 Å². The van der Waals surface area contributed by atoms with E-state index in [9.17, 15) is 0 Å². The molecule has 1 aliphatic carbocycles. The second kappa shape index (κ2) is 22.2. The number of halogens is 2. The molecule has 2 nitrogen and oxygen atoms in total. The van der Waals surface area contributed by atoms with Crippen molar-refractivity contribution < 1.29 is 9.47 Å². The summed E-state index contributed by atoms with van der Waals surface area (Å²) in [6.45, 7) is 8.01. The molecule has 1 aromatic rings. The van der Waals surface area contributed by atoms with E-state index in [1.54, 1.807) is 0 Å². The molecule has 1 heterocycles. The molecular weight excluding hydrogens is 620 g/mol. The van der Waals surface area contributed by atoms with E-state index >= 15 is 0 Å². The van der Waals surface area contributed by atoms with Gasteiger partial charge in [0, 0.05) is 18.6 Å². The Morgan fingerprint density at radius 3 is 1.18 bits per heavy atom. The van der Waals surface area contributed by atoms with Crippen LogP contribution in [0.25, 0.3) is 0 Å². The van der Waals surface area contributed by atoms with Gasteiger partial charge in [-0.1, -0.05) is 129 Å². The summed E-state index contributed by atoms with van der Waals surface area (Å²) in [6, 6.07) is 0. The van der Waals surface area contributed by atoms with Crippen LogP contribution in [-0.2, 0) is 22.3 Å². The van der Waals surface area contributed by atoms with E-state index in [0.29, 0.717) is 0 Å². The number of fused-ring (bicyclic) bond motifs is 1. The molecule has 0 fully saturated rings. The van der Waals surface area contributed by atoms with Crippen molar-refractivity contribution in [2.75, 3.05) is 26.4 Å². The summed E-state index contributed by atoms with van der Waals surface area (Å²) in [7, 11) is 0. The van der Waals surface area contributed by atoms with Crippen molar-refractivity contribution in [3.63, 3.8) is 0 Å². The Labute approximate surface area is 257 Å². The fourth-order valence-electron chi connectivity index (χ4n) is 5.81. The Balaban J connectivity index is 1.59. The van der Waals surface area contributed by atoms with Crippen molar-refractivity contribution in [2.45, 2.75) is 155 Å². The van der Waals surface area contributed by atoms with E-state index in [1.165, 1.54) is 147 Å². The van der Waals surface area contributed by atoms with Crippen molar-refractivity contribution in [1.29, 1.82) is 0 Å². The van der Waals surface area contributed by atoms with Crippen LogP contribution in [0, 0.1) is 5.41 Å². The maximum absolute atomic E-state index is 6.32. The van der Waals surface area contributed by atoms with E-state index in [4.69, 9.17) is 9.47 Å². The molecule has 0 radical (unpaired) electrons. The van der Waals surface area contributed by atoms with Crippen molar-refractivity contribution in [3.05, 3.63) is 18.7 Å². The summed E-state index contributed by atoms with van der Waals surface area (Å²) in [5.74, 6) is 0. The Morgan fingerprint density at radius 2 is 0.842 bits per heavy atom. The zero-order valence-corrected chi connectivity index (χ0v) is 28.9. The van der Waals surface area contributed by atoms with E-state index in [2.05, 4.69) is 45.7 Å². The third-order valence-corrected chi connectivity index (χ3v) is 11.0.